The summed E-state index contributed by atoms with van der Waals surface area (Å²) in [6.07, 6.45) is 0.780. The van der Waals surface area contributed by atoms with Gasteiger partial charge < -0.3 is 14.4 Å². The Hall–Kier alpha value is -1.72. The van der Waals surface area contributed by atoms with Crippen molar-refractivity contribution >= 4 is 0 Å². The van der Waals surface area contributed by atoms with Gasteiger partial charge in [-0.15, -0.1) is 0 Å². The molecule has 1 saturated heterocycles. The van der Waals surface area contributed by atoms with Crippen molar-refractivity contribution in [2.75, 3.05) is 13.2 Å². The van der Waals surface area contributed by atoms with E-state index in [1.54, 1.807) is 0 Å². The zero-order valence-corrected chi connectivity index (χ0v) is 12.4. The molecule has 21 heavy (non-hydrogen) atoms. The number of rotatable bonds is 3. The number of ether oxygens (including phenoxy) is 1. The molecule has 2 heterocycles. The number of hydrogen-bond donors (Lipinski definition) is 1. The molecule has 0 bridgehead atoms. The van der Waals surface area contributed by atoms with Crippen molar-refractivity contribution in [1.29, 1.82) is 0 Å². The van der Waals surface area contributed by atoms with E-state index in [1.165, 1.54) is 11.1 Å². The van der Waals surface area contributed by atoms with E-state index in [9.17, 15) is 5.11 Å². The van der Waals surface area contributed by atoms with Gasteiger partial charge in [-0.05, 0) is 37.0 Å². The molecule has 0 radical (unpaired) electrons. The van der Waals surface area contributed by atoms with E-state index in [-0.39, 0.29) is 5.92 Å². The van der Waals surface area contributed by atoms with Crippen LogP contribution in [0.4, 0.5) is 0 Å². The van der Waals surface area contributed by atoms with Gasteiger partial charge in [-0.2, -0.15) is 4.98 Å². The Morgan fingerprint density at radius 3 is 2.90 bits per heavy atom. The molecule has 1 aliphatic heterocycles. The molecular formula is C16H20N2O3. The maximum atomic E-state index is 9.98. The quantitative estimate of drug-likeness (QED) is 0.937. The molecule has 112 valence electrons. The van der Waals surface area contributed by atoms with Gasteiger partial charge in [-0.25, -0.2) is 0 Å². The molecule has 0 saturated carbocycles. The molecule has 1 fully saturated rings. The third-order valence-electron chi connectivity index (χ3n) is 4.05. The third kappa shape index (κ3) is 3.14. The minimum absolute atomic E-state index is 0.209. The van der Waals surface area contributed by atoms with Gasteiger partial charge in [0.15, 0.2) is 5.82 Å². The van der Waals surface area contributed by atoms with Gasteiger partial charge in [0.05, 0.1) is 18.6 Å². The lowest BCUT2D eigenvalue weighted by Gasteiger charge is -2.24. The maximum Gasteiger partial charge on any atom is 0.234 e. The van der Waals surface area contributed by atoms with Crippen molar-refractivity contribution in [2.45, 2.75) is 38.7 Å². The van der Waals surface area contributed by atoms with E-state index in [0.717, 1.165) is 5.56 Å². The van der Waals surface area contributed by atoms with Gasteiger partial charge in [0.2, 0.25) is 5.89 Å². The zero-order chi connectivity index (χ0) is 14.8. The molecule has 0 amide bonds. The second kappa shape index (κ2) is 5.95. The Labute approximate surface area is 123 Å². The Balaban J connectivity index is 1.74. The van der Waals surface area contributed by atoms with E-state index >= 15 is 0 Å². The van der Waals surface area contributed by atoms with Crippen LogP contribution in [-0.4, -0.2) is 34.6 Å². The van der Waals surface area contributed by atoms with Crippen LogP contribution in [0.1, 0.15) is 40.7 Å². The number of aryl methyl sites for hydroxylation is 2. The van der Waals surface area contributed by atoms with Crippen molar-refractivity contribution in [3.8, 4) is 0 Å². The summed E-state index contributed by atoms with van der Waals surface area (Å²) in [4.78, 5) is 4.41. The number of aliphatic hydroxyl groups excluding tert-OH is 1. The standard InChI is InChI=1S/C16H20N2O3/c1-10-3-4-12(7-11(10)2)8-15-17-16(21-18-15)13-9-20-6-5-14(13)19/h3-4,7,13-14,19H,5-6,8-9H2,1-2H3. The maximum absolute atomic E-state index is 9.98. The molecule has 0 spiro atoms. The molecule has 0 aliphatic carbocycles. The minimum Gasteiger partial charge on any atom is -0.392 e. The molecule has 2 unspecified atom stereocenters. The van der Waals surface area contributed by atoms with Crippen LogP contribution in [0.3, 0.4) is 0 Å². The van der Waals surface area contributed by atoms with Crippen LogP contribution >= 0.6 is 0 Å². The van der Waals surface area contributed by atoms with E-state index in [1.807, 2.05) is 0 Å². The number of aliphatic hydroxyl groups is 1. The summed E-state index contributed by atoms with van der Waals surface area (Å²) in [6, 6.07) is 6.32. The molecular weight excluding hydrogens is 268 g/mol. The monoisotopic (exact) mass is 288 g/mol. The Morgan fingerprint density at radius 2 is 2.14 bits per heavy atom. The highest BCUT2D eigenvalue weighted by Gasteiger charge is 2.30. The molecule has 2 atom stereocenters. The number of aromatic nitrogens is 2. The van der Waals surface area contributed by atoms with Crippen molar-refractivity contribution < 1.29 is 14.4 Å². The topological polar surface area (TPSA) is 68.4 Å². The summed E-state index contributed by atoms with van der Waals surface area (Å²) in [7, 11) is 0. The fraction of sp³-hybridized carbons (Fsp3) is 0.500. The number of benzene rings is 1. The molecule has 1 aromatic carbocycles. The lowest BCUT2D eigenvalue weighted by Crippen LogP contribution is -2.30. The fourth-order valence-corrected chi connectivity index (χ4v) is 2.55. The largest absolute Gasteiger partial charge is 0.392 e. The Bertz CT molecular complexity index is 624. The van der Waals surface area contributed by atoms with E-state index in [4.69, 9.17) is 9.26 Å². The summed E-state index contributed by atoms with van der Waals surface area (Å²) < 4.78 is 10.7. The van der Waals surface area contributed by atoms with Crippen molar-refractivity contribution in [3.63, 3.8) is 0 Å². The molecule has 1 aromatic heterocycles. The summed E-state index contributed by atoms with van der Waals surface area (Å²) in [5, 5.41) is 14.0. The van der Waals surface area contributed by atoms with E-state index in [2.05, 4.69) is 42.2 Å². The predicted molar refractivity (Wildman–Crippen MR) is 77.2 cm³/mol. The lowest BCUT2D eigenvalue weighted by atomic mass is 9.99. The average molecular weight is 288 g/mol. The second-order valence-corrected chi connectivity index (χ2v) is 5.68. The van der Waals surface area contributed by atoms with Gasteiger partial charge >= 0.3 is 0 Å². The van der Waals surface area contributed by atoms with Crippen LogP contribution in [0.25, 0.3) is 0 Å². The van der Waals surface area contributed by atoms with Gasteiger partial charge in [0, 0.05) is 13.0 Å². The summed E-state index contributed by atoms with van der Waals surface area (Å²) >= 11 is 0. The van der Waals surface area contributed by atoms with Crippen LogP contribution in [0.15, 0.2) is 22.7 Å². The molecule has 5 heteroatoms. The van der Waals surface area contributed by atoms with Crippen molar-refractivity contribution in [3.05, 3.63) is 46.6 Å². The van der Waals surface area contributed by atoms with Gasteiger partial charge in [0.1, 0.15) is 0 Å². The molecule has 1 N–H and O–H groups in total. The first kappa shape index (κ1) is 14.2. The highest BCUT2D eigenvalue weighted by Crippen LogP contribution is 2.25. The smallest absolute Gasteiger partial charge is 0.234 e. The average Bonchev–Trinajstić information content (AvgIpc) is 2.92. The molecule has 3 rings (SSSR count). The Morgan fingerprint density at radius 1 is 1.29 bits per heavy atom. The van der Waals surface area contributed by atoms with Crippen LogP contribution in [-0.2, 0) is 11.2 Å². The SMILES string of the molecule is Cc1ccc(Cc2noc(C3COCCC3O)n2)cc1C. The minimum atomic E-state index is -0.464. The highest BCUT2D eigenvalue weighted by molar-refractivity contribution is 5.31. The zero-order valence-electron chi connectivity index (χ0n) is 12.4. The van der Waals surface area contributed by atoms with Gasteiger partial charge in [0.25, 0.3) is 0 Å². The molecule has 1 aliphatic rings. The molecule has 5 nitrogen and oxygen atoms in total. The third-order valence-corrected chi connectivity index (χ3v) is 4.05. The van der Waals surface area contributed by atoms with Crippen LogP contribution in [0, 0.1) is 13.8 Å². The first-order valence-electron chi connectivity index (χ1n) is 7.28. The summed E-state index contributed by atoms with van der Waals surface area (Å²) in [5.41, 5.74) is 3.69. The number of nitrogens with zero attached hydrogens (tertiary/aromatic N) is 2. The first-order chi connectivity index (χ1) is 10.1. The highest BCUT2D eigenvalue weighted by atomic mass is 16.5. The first-order valence-corrected chi connectivity index (χ1v) is 7.28. The molecule has 2 aromatic rings. The predicted octanol–water partition coefficient (Wildman–Crippen LogP) is 2.14. The Kier molecular flexibility index (Phi) is 4.03. The second-order valence-electron chi connectivity index (χ2n) is 5.68. The summed E-state index contributed by atoms with van der Waals surface area (Å²) in [5.74, 6) is 0.909. The van der Waals surface area contributed by atoms with Crippen LogP contribution < -0.4 is 0 Å². The lowest BCUT2D eigenvalue weighted by molar-refractivity contribution is -0.0149. The van der Waals surface area contributed by atoms with Crippen molar-refractivity contribution in [2.24, 2.45) is 0 Å². The van der Waals surface area contributed by atoms with E-state index < -0.39 is 6.10 Å². The van der Waals surface area contributed by atoms with Gasteiger partial charge in [-0.1, -0.05) is 23.4 Å². The van der Waals surface area contributed by atoms with Crippen LogP contribution in [0.2, 0.25) is 0 Å². The van der Waals surface area contributed by atoms with Gasteiger partial charge in [-0.3, -0.25) is 0 Å². The summed E-state index contributed by atoms with van der Waals surface area (Å²) in [6.45, 7) is 5.21. The van der Waals surface area contributed by atoms with Crippen molar-refractivity contribution in [1.82, 2.24) is 10.1 Å². The van der Waals surface area contributed by atoms with Crippen LogP contribution in [0.5, 0.6) is 0 Å². The number of hydrogen-bond acceptors (Lipinski definition) is 5. The fourth-order valence-electron chi connectivity index (χ4n) is 2.55. The normalized spacial score (nSPS) is 22.4. The van der Waals surface area contributed by atoms with E-state index in [0.29, 0.717) is 37.8 Å².